The number of hydrogen-bond donors (Lipinski definition) is 1. The molecule has 6 heteroatoms. The number of aliphatic imine (C=N–C) groups is 1. The van der Waals surface area contributed by atoms with Crippen LogP contribution >= 0.6 is 24.0 Å². The van der Waals surface area contributed by atoms with Crippen LogP contribution in [0.25, 0.3) is 0 Å². The highest BCUT2D eigenvalue weighted by atomic mass is 127. The summed E-state index contributed by atoms with van der Waals surface area (Å²) in [5, 5.41) is 0. The summed E-state index contributed by atoms with van der Waals surface area (Å²) in [6.07, 6.45) is 0. The number of nitrogens with zero attached hydrogens (tertiary/aromatic N) is 2. The molecule has 0 aliphatic carbocycles. The second kappa shape index (κ2) is 11.6. The molecule has 0 fully saturated rings. The van der Waals surface area contributed by atoms with E-state index in [4.69, 9.17) is 15.2 Å². The third-order valence-electron chi connectivity index (χ3n) is 3.02. The molecule has 0 aromatic heterocycles. The predicted molar refractivity (Wildman–Crippen MR) is 97.5 cm³/mol. The lowest BCUT2D eigenvalue weighted by atomic mass is 10.2. The summed E-state index contributed by atoms with van der Waals surface area (Å²) in [5.74, 6) is 1.44. The Labute approximate surface area is 144 Å². The van der Waals surface area contributed by atoms with Crippen LogP contribution in [0.15, 0.2) is 29.3 Å². The van der Waals surface area contributed by atoms with Crippen LogP contribution in [-0.4, -0.2) is 44.2 Å². The Morgan fingerprint density at radius 2 is 1.81 bits per heavy atom. The van der Waals surface area contributed by atoms with Gasteiger partial charge in [0.1, 0.15) is 5.75 Å². The standard InChI is InChI=1S/C15H25N3O2.HI/c1-4-18(5-2)15(16)17-10-11-20-12-13-6-8-14(19-3)9-7-13;/h6-9H,4-5,10-12H2,1-3H3,(H2,16,17);1H. The van der Waals surface area contributed by atoms with Gasteiger partial charge in [0.2, 0.25) is 0 Å². The van der Waals surface area contributed by atoms with Crippen molar-refractivity contribution >= 4 is 29.9 Å². The van der Waals surface area contributed by atoms with Crippen LogP contribution in [-0.2, 0) is 11.3 Å². The van der Waals surface area contributed by atoms with E-state index in [2.05, 4.69) is 18.8 Å². The van der Waals surface area contributed by atoms with Crippen LogP contribution in [0.3, 0.4) is 0 Å². The van der Waals surface area contributed by atoms with Crippen molar-refractivity contribution < 1.29 is 9.47 Å². The van der Waals surface area contributed by atoms with Gasteiger partial charge in [0.15, 0.2) is 5.96 Å². The molecule has 0 saturated carbocycles. The molecule has 2 N–H and O–H groups in total. The van der Waals surface area contributed by atoms with Crippen molar-refractivity contribution in [1.29, 1.82) is 0 Å². The maximum atomic E-state index is 5.87. The van der Waals surface area contributed by atoms with Crippen molar-refractivity contribution in [1.82, 2.24) is 4.90 Å². The van der Waals surface area contributed by atoms with Crippen molar-refractivity contribution in [3.8, 4) is 5.75 Å². The van der Waals surface area contributed by atoms with E-state index in [1.165, 1.54) is 0 Å². The van der Waals surface area contributed by atoms with Gasteiger partial charge in [-0.1, -0.05) is 12.1 Å². The van der Waals surface area contributed by atoms with E-state index < -0.39 is 0 Å². The van der Waals surface area contributed by atoms with Crippen LogP contribution in [0, 0.1) is 0 Å². The number of nitrogens with two attached hydrogens (primary N) is 1. The number of benzene rings is 1. The number of methoxy groups -OCH3 is 1. The molecule has 5 nitrogen and oxygen atoms in total. The minimum Gasteiger partial charge on any atom is -0.497 e. The van der Waals surface area contributed by atoms with Crippen LogP contribution in [0.2, 0.25) is 0 Å². The Morgan fingerprint density at radius 3 is 2.33 bits per heavy atom. The summed E-state index contributed by atoms with van der Waals surface area (Å²) in [6.45, 7) is 7.59. The summed E-state index contributed by atoms with van der Waals surface area (Å²) in [7, 11) is 1.66. The van der Waals surface area contributed by atoms with Crippen molar-refractivity contribution in [2.45, 2.75) is 20.5 Å². The second-order valence-electron chi connectivity index (χ2n) is 4.31. The monoisotopic (exact) mass is 407 g/mol. The summed E-state index contributed by atoms with van der Waals surface area (Å²) in [5.41, 5.74) is 6.99. The summed E-state index contributed by atoms with van der Waals surface area (Å²) in [6, 6.07) is 7.84. The van der Waals surface area contributed by atoms with E-state index in [-0.39, 0.29) is 24.0 Å². The average molecular weight is 407 g/mol. The Bertz CT molecular complexity index is 406. The highest BCUT2D eigenvalue weighted by Gasteiger charge is 2.01. The maximum absolute atomic E-state index is 5.87. The minimum absolute atomic E-state index is 0. The smallest absolute Gasteiger partial charge is 0.191 e. The van der Waals surface area contributed by atoms with E-state index >= 15 is 0 Å². The summed E-state index contributed by atoms with van der Waals surface area (Å²) < 4.78 is 10.7. The first-order valence-electron chi connectivity index (χ1n) is 6.96. The zero-order valence-corrected chi connectivity index (χ0v) is 15.4. The number of guanidine groups is 1. The Balaban J connectivity index is 0.00000400. The molecule has 0 aliphatic rings. The van der Waals surface area contributed by atoms with Gasteiger partial charge in [0, 0.05) is 13.1 Å². The van der Waals surface area contributed by atoms with Gasteiger partial charge in [0.25, 0.3) is 0 Å². The zero-order valence-electron chi connectivity index (χ0n) is 13.0. The number of ether oxygens (including phenoxy) is 2. The zero-order chi connectivity index (χ0) is 14.8. The maximum Gasteiger partial charge on any atom is 0.191 e. The Morgan fingerprint density at radius 1 is 1.19 bits per heavy atom. The molecule has 0 saturated heterocycles. The number of hydrogen-bond acceptors (Lipinski definition) is 3. The van der Waals surface area contributed by atoms with Gasteiger partial charge in [-0.15, -0.1) is 24.0 Å². The normalized spacial score (nSPS) is 10.9. The Hall–Kier alpha value is -1.02. The first kappa shape index (κ1) is 20.0. The fourth-order valence-corrected chi connectivity index (χ4v) is 1.78. The van der Waals surface area contributed by atoms with Crippen molar-refractivity contribution in [3.63, 3.8) is 0 Å². The SMILES string of the molecule is CCN(CC)C(N)=NCCOCc1ccc(OC)cc1.I. The molecule has 0 atom stereocenters. The van der Waals surface area contributed by atoms with Gasteiger partial charge in [-0.3, -0.25) is 4.99 Å². The molecule has 0 heterocycles. The largest absolute Gasteiger partial charge is 0.497 e. The van der Waals surface area contributed by atoms with E-state index in [1.54, 1.807) is 7.11 Å². The van der Waals surface area contributed by atoms with Crippen molar-refractivity contribution in [2.75, 3.05) is 33.4 Å². The highest BCUT2D eigenvalue weighted by Crippen LogP contribution is 2.11. The van der Waals surface area contributed by atoms with Gasteiger partial charge in [-0.2, -0.15) is 0 Å². The average Bonchev–Trinajstić information content (AvgIpc) is 2.49. The number of halogens is 1. The first-order valence-corrected chi connectivity index (χ1v) is 6.96. The predicted octanol–water partition coefficient (Wildman–Crippen LogP) is 2.49. The molecule has 21 heavy (non-hydrogen) atoms. The van der Waals surface area contributed by atoms with Crippen LogP contribution in [0.4, 0.5) is 0 Å². The lowest BCUT2D eigenvalue weighted by molar-refractivity contribution is 0.128. The van der Waals surface area contributed by atoms with Gasteiger partial charge >= 0.3 is 0 Å². The molecule has 0 bridgehead atoms. The molecule has 120 valence electrons. The molecular formula is C15H26IN3O2. The molecule has 1 rings (SSSR count). The third kappa shape index (κ3) is 7.52. The van der Waals surface area contributed by atoms with E-state index in [0.717, 1.165) is 24.4 Å². The van der Waals surface area contributed by atoms with Crippen LogP contribution in [0.5, 0.6) is 5.75 Å². The number of rotatable bonds is 8. The summed E-state index contributed by atoms with van der Waals surface area (Å²) >= 11 is 0. The van der Waals surface area contributed by atoms with Crippen LogP contribution in [0.1, 0.15) is 19.4 Å². The highest BCUT2D eigenvalue weighted by molar-refractivity contribution is 14.0. The fraction of sp³-hybridized carbons (Fsp3) is 0.533. The molecule has 1 aromatic rings. The van der Waals surface area contributed by atoms with E-state index in [1.807, 2.05) is 29.2 Å². The molecule has 0 spiro atoms. The topological polar surface area (TPSA) is 60.1 Å². The molecule has 1 aromatic carbocycles. The summed E-state index contributed by atoms with van der Waals surface area (Å²) in [4.78, 5) is 6.32. The quantitative estimate of drug-likeness (QED) is 0.311. The van der Waals surface area contributed by atoms with Gasteiger partial charge in [-0.05, 0) is 31.5 Å². The van der Waals surface area contributed by atoms with E-state index in [0.29, 0.717) is 25.7 Å². The molecule has 0 radical (unpaired) electrons. The van der Waals surface area contributed by atoms with Crippen molar-refractivity contribution in [3.05, 3.63) is 29.8 Å². The molecule has 0 aliphatic heterocycles. The molecule has 0 amide bonds. The third-order valence-corrected chi connectivity index (χ3v) is 3.02. The van der Waals surface area contributed by atoms with Crippen LogP contribution < -0.4 is 10.5 Å². The van der Waals surface area contributed by atoms with E-state index in [9.17, 15) is 0 Å². The van der Waals surface area contributed by atoms with Crippen molar-refractivity contribution in [2.24, 2.45) is 10.7 Å². The first-order chi connectivity index (χ1) is 9.71. The lowest BCUT2D eigenvalue weighted by Gasteiger charge is -2.19. The minimum atomic E-state index is 0. The Kier molecular flexibility index (Phi) is 11.1. The molecule has 0 unspecified atom stereocenters. The van der Waals surface area contributed by atoms with Gasteiger partial charge in [0.05, 0.1) is 26.9 Å². The van der Waals surface area contributed by atoms with Gasteiger partial charge < -0.3 is 20.1 Å². The second-order valence-corrected chi connectivity index (χ2v) is 4.31. The lowest BCUT2D eigenvalue weighted by Crippen LogP contribution is -2.37. The fourth-order valence-electron chi connectivity index (χ4n) is 1.78. The van der Waals surface area contributed by atoms with Gasteiger partial charge in [-0.25, -0.2) is 0 Å². The molecular weight excluding hydrogens is 381 g/mol.